The molecule has 0 unspecified atom stereocenters. The van der Waals surface area contributed by atoms with E-state index < -0.39 is 6.10 Å². The molecular weight excluding hydrogens is 288 g/mol. The molecule has 0 spiro atoms. The number of benzene rings is 1. The Balaban J connectivity index is 1.82. The highest BCUT2D eigenvalue weighted by atomic mass is 16.5. The monoisotopic (exact) mass is 322 g/mol. The first-order valence-corrected chi connectivity index (χ1v) is 8.97. The standard InChI is InChI=1S/C19H32N2O2/c1-5-20-10-12-21(13-11-20)14-16(22)15-23-18-9-7-6-8-17(18)19(2,3)4/h6-9,16,22H,5,10-15H2,1-4H3/p+2/t16-/m0/s1. The van der Waals surface area contributed by atoms with Crippen LogP contribution >= 0.6 is 0 Å². The van der Waals surface area contributed by atoms with Gasteiger partial charge in [-0.3, -0.25) is 0 Å². The summed E-state index contributed by atoms with van der Waals surface area (Å²) in [7, 11) is 0. The Morgan fingerprint density at radius 1 is 1.09 bits per heavy atom. The van der Waals surface area contributed by atoms with E-state index in [0.717, 1.165) is 25.4 Å². The highest BCUT2D eigenvalue weighted by Gasteiger charge is 2.24. The van der Waals surface area contributed by atoms with Crippen LogP contribution in [-0.2, 0) is 5.41 Å². The van der Waals surface area contributed by atoms with Crippen molar-refractivity contribution in [1.82, 2.24) is 0 Å². The van der Waals surface area contributed by atoms with Crippen LogP contribution in [0.5, 0.6) is 5.75 Å². The minimum absolute atomic E-state index is 0.0477. The lowest BCUT2D eigenvalue weighted by Crippen LogP contribution is -3.28. The minimum atomic E-state index is -0.402. The third-order valence-corrected chi connectivity index (χ3v) is 4.81. The summed E-state index contributed by atoms with van der Waals surface area (Å²) in [5.74, 6) is 0.897. The lowest BCUT2D eigenvalue weighted by atomic mass is 9.86. The summed E-state index contributed by atoms with van der Waals surface area (Å²) in [5.41, 5.74) is 1.24. The van der Waals surface area contributed by atoms with Crippen molar-refractivity contribution < 1.29 is 19.6 Å². The first kappa shape index (κ1) is 18.2. The molecule has 4 heteroatoms. The summed E-state index contributed by atoms with van der Waals surface area (Å²) in [4.78, 5) is 3.18. The number of rotatable bonds is 6. The van der Waals surface area contributed by atoms with E-state index in [4.69, 9.17) is 4.74 Å². The van der Waals surface area contributed by atoms with Gasteiger partial charge in [-0.2, -0.15) is 0 Å². The maximum atomic E-state index is 10.3. The van der Waals surface area contributed by atoms with E-state index >= 15 is 0 Å². The molecule has 1 aromatic carbocycles. The van der Waals surface area contributed by atoms with Crippen LogP contribution in [0.25, 0.3) is 0 Å². The van der Waals surface area contributed by atoms with Gasteiger partial charge in [0.15, 0.2) is 0 Å². The second-order valence-corrected chi connectivity index (χ2v) is 7.77. The molecule has 1 atom stereocenters. The smallest absolute Gasteiger partial charge is 0.137 e. The Labute approximate surface area is 141 Å². The maximum absolute atomic E-state index is 10.3. The quantitative estimate of drug-likeness (QED) is 0.662. The number of para-hydroxylation sites is 1. The molecule has 1 aliphatic heterocycles. The van der Waals surface area contributed by atoms with Crippen molar-refractivity contribution in [2.45, 2.75) is 39.2 Å². The molecule has 0 radical (unpaired) electrons. The summed E-state index contributed by atoms with van der Waals surface area (Å²) in [6.07, 6.45) is -0.402. The fourth-order valence-corrected chi connectivity index (χ4v) is 3.31. The van der Waals surface area contributed by atoms with Gasteiger partial charge in [-0.05, 0) is 24.0 Å². The average molecular weight is 322 g/mol. The molecule has 1 fully saturated rings. The Hall–Kier alpha value is -1.10. The van der Waals surface area contributed by atoms with Crippen molar-refractivity contribution in [3.05, 3.63) is 29.8 Å². The van der Waals surface area contributed by atoms with Crippen LogP contribution in [0.15, 0.2) is 24.3 Å². The largest absolute Gasteiger partial charge is 0.490 e. The van der Waals surface area contributed by atoms with Crippen LogP contribution in [0.4, 0.5) is 0 Å². The topological polar surface area (TPSA) is 38.3 Å². The van der Waals surface area contributed by atoms with Crippen LogP contribution in [0.2, 0.25) is 0 Å². The second kappa shape index (κ2) is 8.13. The zero-order valence-corrected chi connectivity index (χ0v) is 15.2. The van der Waals surface area contributed by atoms with Crippen molar-refractivity contribution in [2.75, 3.05) is 45.9 Å². The molecule has 130 valence electrons. The number of ether oxygens (including phenoxy) is 1. The summed E-state index contributed by atoms with van der Waals surface area (Å²) in [6, 6.07) is 8.15. The van der Waals surface area contributed by atoms with Crippen molar-refractivity contribution >= 4 is 0 Å². The molecule has 0 aliphatic carbocycles. The maximum Gasteiger partial charge on any atom is 0.137 e. The van der Waals surface area contributed by atoms with Crippen LogP contribution in [0.1, 0.15) is 33.3 Å². The van der Waals surface area contributed by atoms with Gasteiger partial charge < -0.3 is 19.6 Å². The van der Waals surface area contributed by atoms with Crippen LogP contribution < -0.4 is 14.5 Å². The van der Waals surface area contributed by atoms with Crippen LogP contribution in [0, 0.1) is 0 Å². The predicted octanol–water partition coefficient (Wildman–Crippen LogP) is -0.473. The highest BCUT2D eigenvalue weighted by molar-refractivity contribution is 5.38. The third kappa shape index (κ3) is 5.48. The van der Waals surface area contributed by atoms with E-state index in [1.54, 1.807) is 4.90 Å². The average Bonchev–Trinajstić information content (AvgIpc) is 2.53. The fraction of sp³-hybridized carbons (Fsp3) is 0.684. The number of likely N-dealkylation sites (N-methyl/N-ethyl adjacent to an activating group) is 1. The predicted molar refractivity (Wildman–Crippen MR) is 93.4 cm³/mol. The molecule has 4 nitrogen and oxygen atoms in total. The molecule has 1 aromatic rings. The minimum Gasteiger partial charge on any atom is -0.490 e. The van der Waals surface area contributed by atoms with Gasteiger partial charge in [0, 0.05) is 0 Å². The van der Waals surface area contributed by atoms with Gasteiger partial charge in [-0.1, -0.05) is 39.0 Å². The number of piperazine rings is 1. The van der Waals surface area contributed by atoms with Crippen molar-refractivity contribution in [3.63, 3.8) is 0 Å². The molecular formula is C19H34N2O2+2. The van der Waals surface area contributed by atoms with Crippen molar-refractivity contribution in [2.24, 2.45) is 0 Å². The SMILES string of the molecule is CC[NH+]1CC[NH+](C[C@H](O)COc2ccccc2C(C)(C)C)CC1. The molecule has 3 N–H and O–H groups in total. The molecule has 1 heterocycles. The number of aliphatic hydroxyl groups is 1. The van der Waals surface area contributed by atoms with E-state index in [1.165, 1.54) is 30.1 Å². The molecule has 23 heavy (non-hydrogen) atoms. The molecule has 0 amide bonds. The number of aliphatic hydroxyl groups excluding tert-OH is 1. The number of hydrogen-bond donors (Lipinski definition) is 3. The third-order valence-electron chi connectivity index (χ3n) is 4.81. The zero-order chi connectivity index (χ0) is 16.9. The van der Waals surface area contributed by atoms with E-state index in [2.05, 4.69) is 33.8 Å². The second-order valence-electron chi connectivity index (χ2n) is 7.77. The van der Waals surface area contributed by atoms with E-state index in [9.17, 15) is 5.11 Å². The lowest BCUT2D eigenvalue weighted by molar-refractivity contribution is -1.01. The van der Waals surface area contributed by atoms with Gasteiger partial charge >= 0.3 is 0 Å². The molecule has 0 saturated carbocycles. The number of nitrogens with one attached hydrogen (secondary N) is 2. The summed E-state index contributed by atoms with van der Waals surface area (Å²) >= 11 is 0. The van der Waals surface area contributed by atoms with Crippen LogP contribution in [-0.4, -0.2) is 57.1 Å². The van der Waals surface area contributed by atoms with Gasteiger partial charge in [0.2, 0.25) is 0 Å². The Morgan fingerprint density at radius 2 is 1.70 bits per heavy atom. The first-order chi connectivity index (χ1) is 10.9. The highest BCUT2D eigenvalue weighted by Crippen LogP contribution is 2.30. The van der Waals surface area contributed by atoms with E-state index in [0.29, 0.717) is 6.61 Å². The van der Waals surface area contributed by atoms with Gasteiger partial charge in [0.1, 0.15) is 51.2 Å². The number of quaternary nitrogens is 2. The van der Waals surface area contributed by atoms with E-state index in [1.807, 2.05) is 18.2 Å². The van der Waals surface area contributed by atoms with Gasteiger partial charge in [-0.15, -0.1) is 0 Å². The van der Waals surface area contributed by atoms with Gasteiger partial charge in [0.05, 0.1) is 6.54 Å². The van der Waals surface area contributed by atoms with E-state index in [-0.39, 0.29) is 5.41 Å². The first-order valence-electron chi connectivity index (χ1n) is 8.97. The fourth-order valence-electron chi connectivity index (χ4n) is 3.31. The molecule has 1 aliphatic rings. The lowest BCUT2D eigenvalue weighted by Gasteiger charge is -2.30. The molecule has 0 aromatic heterocycles. The Bertz CT molecular complexity index is 477. The normalized spacial score (nSPS) is 23.5. The molecule has 2 rings (SSSR count). The zero-order valence-electron chi connectivity index (χ0n) is 15.2. The van der Waals surface area contributed by atoms with Crippen molar-refractivity contribution in [3.8, 4) is 5.75 Å². The van der Waals surface area contributed by atoms with Gasteiger partial charge in [0.25, 0.3) is 0 Å². The summed E-state index contributed by atoms with van der Waals surface area (Å²) in [5, 5.41) is 10.3. The van der Waals surface area contributed by atoms with Gasteiger partial charge in [-0.25, -0.2) is 0 Å². The summed E-state index contributed by atoms with van der Waals surface area (Å²) < 4.78 is 5.94. The number of hydrogen-bond acceptors (Lipinski definition) is 2. The van der Waals surface area contributed by atoms with Crippen molar-refractivity contribution in [1.29, 1.82) is 0 Å². The molecule has 1 saturated heterocycles. The van der Waals surface area contributed by atoms with Crippen LogP contribution in [0.3, 0.4) is 0 Å². The Morgan fingerprint density at radius 3 is 2.30 bits per heavy atom. The summed E-state index contributed by atoms with van der Waals surface area (Å²) in [6.45, 7) is 15.9. The molecule has 0 bridgehead atoms. The Kier molecular flexibility index (Phi) is 6.45.